The van der Waals surface area contributed by atoms with Gasteiger partial charge in [-0.05, 0) is 69.0 Å². The maximum Gasteiger partial charge on any atom is 0.414 e. The summed E-state index contributed by atoms with van der Waals surface area (Å²) in [6.07, 6.45) is 7.80. The third-order valence-corrected chi connectivity index (χ3v) is 5.44. The lowest BCUT2D eigenvalue weighted by Gasteiger charge is -2.31. The van der Waals surface area contributed by atoms with Crippen molar-refractivity contribution in [3.8, 4) is 5.75 Å². The summed E-state index contributed by atoms with van der Waals surface area (Å²) in [5.74, 6) is 1.91. The molecule has 1 aliphatic rings. The van der Waals surface area contributed by atoms with Crippen molar-refractivity contribution in [1.82, 2.24) is 9.80 Å². The monoisotopic (exact) mass is 378 g/mol. The molecule has 0 aliphatic heterocycles. The van der Waals surface area contributed by atoms with Crippen LogP contribution in [0.5, 0.6) is 5.75 Å². The first-order valence-electron chi connectivity index (χ1n) is 9.46. The Bertz CT molecular complexity index is 568. The van der Waals surface area contributed by atoms with Crippen LogP contribution in [0.25, 0.3) is 0 Å². The van der Waals surface area contributed by atoms with E-state index >= 15 is 0 Å². The molecular formula is C21H31ClN2O2. The van der Waals surface area contributed by atoms with Gasteiger partial charge in [0.15, 0.2) is 0 Å². The second-order valence-corrected chi connectivity index (χ2v) is 7.87. The Morgan fingerprint density at radius 3 is 2.42 bits per heavy atom. The second-order valence-electron chi connectivity index (χ2n) is 7.43. The molecule has 0 saturated heterocycles. The van der Waals surface area contributed by atoms with Gasteiger partial charge in [0.1, 0.15) is 5.75 Å². The van der Waals surface area contributed by atoms with Gasteiger partial charge in [0.05, 0.1) is 0 Å². The number of rotatable bonds is 8. The largest absolute Gasteiger partial charge is 0.414 e. The average molecular weight is 379 g/mol. The van der Waals surface area contributed by atoms with Crippen molar-refractivity contribution in [2.75, 3.05) is 33.7 Å². The molecule has 1 aromatic carbocycles. The molecule has 0 aromatic heterocycles. The predicted molar refractivity (Wildman–Crippen MR) is 108 cm³/mol. The van der Waals surface area contributed by atoms with Gasteiger partial charge in [-0.25, -0.2) is 4.79 Å². The molecule has 1 fully saturated rings. The Hall–Kier alpha value is -1.52. The number of amides is 1. The van der Waals surface area contributed by atoms with Crippen molar-refractivity contribution in [2.24, 2.45) is 11.8 Å². The summed E-state index contributed by atoms with van der Waals surface area (Å²) in [4.78, 5) is 16.2. The fourth-order valence-corrected chi connectivity index (χ4v) is 3.69. The minimum absolute atomic E-state index is 0.305. The third-order valence-electron chi connectivity index (χ3n) is 5.19. The molecule has 1 aromatic rings. The van der Waals surface area contributed by atoms with E-state index in [1.807, 2.05) is 13.1 Å². The van der Waals surface area contributed by atoms with E-state index in [9.17, 15) is 4.79 Å². The fraction of sp³-hybridized carbons (Fsp3) is 0.571. The van der Waals surface area contributed by atoms with E-state index in [1.54, 1.807) is 29.2 Å². The smallest absolute Gasteiger partial charge is 0.410 e. The molecule has 2 rings (SSSR count). The summed E-state index contributed by atoms with van der Waals surface area (Å²) >= 11 is 5.85. The van der Waals surface area contributed by atoms with Crippen LogP contribution in [0.15, 0.2) is 36.9 Å². The number of benzene rings is 1. The zero-order valence-electron chi connectivity index (χ0n) is 16.0. The third kappa shape index (κ3) is 7.00. The highest BCUT2D eigenvalue weighted by Gasteiger charge is 2.24. The summed E-state index contributed by atoms with van der Waals surface area (Å²) in [6, 6.07) is 6.86. The number of carbonyl (C=O) groups is 1. The quantitative estimate of drug-likeness (QED) is 0.591. The van der Waals surface area contributed by atoms with E-state index in [-0.39, 0.29) is 6.09 Å². The molecule has 4 nitrogen and oxygen atoms in total. The lowest BCUT2D eigenvalue weighted by Crippen LogP contribution is -2.35. The van der Waals surface area contributed by atoms with Crippen LogP contribution in [-0.2, 0) is 0 Å². The van der Waals surface area contributed by atoms with Crippen molar-refractivity contribution in [1.29, 1.82) is 0 Å². The maximum absolute atomic E-state index is 12.2. The molecular weight excluding hydrogens is 348 g/mol. The molecule has 1 aliphatic carbocycles. The molecule has 26 heavy (non-hydrogen) atoms. The van der Waals surface area contributed by atoms with Gasteiger partial charge in [-0.3, -0.25) is 0 Å². The first-order chi connectivity index (χ1) is 12.5. The highest BCUT2D eigenvalue weighted by atomic mass is 35.5. The minimum Gasteiger partial charge on any atom is -0.410 e. The SMILES string of the molecule is C=CCN(C)CCC1CCC(CN(C)C(=O)Oc2ccc(Cl)cc2)CC1. The van der Waals surface area contributed by atoms with E-state index in [1.165, 1.54) is 32.1 Å². The van der Waals surface area contributed by atoms with Gasteiger partial charge in [-0.1, -0.05) is 30.5 Å². The maximum atomic E-state index is 12.2. The van der Waals surface area contributed by atoms with Gasteiger partial charge in [0.25, 0.3) is 0 Å². The highest BCUT2D eigenvalue weighted by molar-refractivity contribution is 6.30. The molecule has 5 heteroatoms. The van der Waals surface area contributed by atoms with E-state index in [0.717, 1.165) is 25.6 Å². The topological polar surface area (TPSA) is 32.8 Å². The highest BCUT2D eigenvalue weighted by Crippen LogP contribution is 2.31. The van der Waals surface area contributed by atoms with Crippen LogP contribution < -0.4 is 4.74 Å². The first kappa shape index (κ1) is 20.8. The summed E-state index contributed by atoms with van der Waals surface area (Å²) in [5.41, 5.74) is 0. The Balaban J connectivity index is 1.68. The van der Waals surface area contributed by atoms with Crippen LogP contribution in [0.1, 0.15) is 32.1 Å². The van der Waals surface area contributed by atoms with Crippen molar-refractivity contribution in [3.63, 3.8) is 0 Å². The van der Waals surface area contributed by atoms with Crippen molar-refractivity contribution >= 4 is 17.7 Å². The van der Waals surface area contributed by atoms with E-state index in [4.69, 9.17) is 16.3 Å². The Morgan fingerprint density at radius 1 is 1.19 bits per heavy atom. The molecule has 0 heterocycles. The van der Waals surface area contributed by atoms with Crippen LogP contribution in [-0.4, -0.2) is 49.6 Å². The summed E-state index contributed by atoms with van der Waals surface area (Å²) in [6.45, 7) is 6.63. The molecule has 1 saturated carbocycles. The Kier molecular flexibility index (Phi) is 8.46. The fourth-order valence-electron chi connectivity index (χ4n) is 3.56. The number of likely N-dealkylation sites (N-methyl/N-ethyl adjacent to an activating group) is 1. The zero-order valence-corrected chi connectivity index (χ0v) is 16.8. The van der Waals surface area contributed by atoms with Gasteiger partial charge in [-0.15, -0.1) is 6.58 Å². The molecule has 0 N–H and O–H groups in total. The van der Waals surface area contributed by atoms with Crippen molar-refractivity contribution < 1.29 is 9.53 Å². The second kappa shape index (κ2) is 10.6. The number of carbonyl (C=O) groups excluding carboxylic acids is 1. The van der Waals surface area contributed by atoms with E-state index in [2.05, 4.69) is 18.5 Å². The Morgan fingerprint density at radius 2 is 1.81 bits per heavy atom. The van der Waals surface area contributed by atoms with Crippen LogP contribution in [0.4, 0.5) is 4.79 Å². The van der Waals surface area contributed by atoms with Gasteiger partial charge in [0.2, 0.25) is 0 Å². The van der Waals surface area contributed by atoms with Gasteiger partial charge < -0.3 is 14.5 Å². The molecule has 0 spiro atoms. The Labute approximate surface area is 162 Å². The van der Waals surface area contributed by atoms with Crippen LogP contribution in [0.2, 0.25) is 5.02 Å². The van der Waals surface area contributed by atoms with Gasteiger partial charge in [0, 0.05) is 25.2 Å². The van der Waals surface area contributed by atoms with Crippen molar-refractivity contribution in [3.05, 3.63) is 41.9 Å². The number of halogens is 1. The van der Waals surface area contributed by atoms with Crippen LogP contribution >= 0.6 is 11.6 Å². The average Bonchev–Trinajstić information content (AvgIpc) is 2.63. The number of hydrogen-bond acceptors (Lipinski definition) is 3. The molecule has 0 radical (unpaired) electrons. The normalized spacial score (nSPS) is 20.0. The van der Waals surface area contributed by atoms with Gasteiger partial charge in [-0.2, -0.15) is 0 Å². The lowest BCUT2D eigenvalue weighted by atomic mass is 9.80. The molecule has 0 atom stereocenters. The number of nitrogens with zero attached hydrogens (tertiary/aromatic N) is 2. The number of ether oxygens (including phenoxy) is 1. The van der Waals surface area contributed by atoms with E-state index in [0.29, 0.717) is 16.7 Å². The summed E-state index contributed by atoms with van der Waals surface area (Å²) in [7, 11) is 3.96. The predicted octanol–water partition coefficient (Wildman–Crippen LogP) is 5.08. The molecule has 0 bridgehead atoms. The number of hydrogen-bond donors (Lipinski definition) is 0. The lowest BCUT2D eigenvalue weighted by molar-refractivity contribution is 0.144. The molecule has 1 amide bonds. The zero-order chi connectivity index (χ0) is 18.9. The molecule has 0 unspecified atom stereocenters. The standard InChI is InChI=1S/C21H31ClN2O2/c1-4-14-23(2)15-13-17-5-7-18(8-6-17)16-24(3)21(25)26-20-11-9-19(22)10-12-20/h4,9-12,17-18H,1,5-8,13-16H2,2-3H3. The first-order valence-corrected chi connectivity index (χ1v) is 9.83. The minimum atomic E-state index is -0.305. The van der Waals surface area contributed by atoms with Gasteiger partial charge >= 0.3 is 6.09 Å². The summed E-state index contributed by atoms with van der Waals surface area (Å²) in [5, 5.41) is 0.630. The van der Waals surface area contributed by atoms with Crippen molar-refractivity contribution in [2.45, 2.75) is 32.1 Å². The van der Waals surface area contributed by atoms with E-state index < -0.39 is 0 Å². The van der Waals surface area contributed by atoms with Crippen LogP contribution in [0.3, 0.4) is 0 Å². The van der Waals surface area contributed by atoms with Crippen LogP contribution in [0, 0.1) is 11.8 Å². The molecule has 144 valence electrons. The summed E-state index contributed by atoms with van der Waals surface area (Å²) < 4.78 is 5.40.